The van der Waals surface area contributed by atoms with Crippen molar-refractivity contribution >= 4 is 0 Å². The Morgan fingerprint density at radius 2 is 1.89 bits per heavy atom. The van der Waals surface area contributed by atoms with Crippen LogP contribution in [0.3, 0.4) is 0 Å². The number of hydrogen-bond donors (Lipinski definition) is 2. The van der Waals surface area contributed by atoms with Crippen LogP contribution in [0.15, 0.2) is 12.1 Å². The van der Waals surface area contributed by atoms with E-state index >= 15 is 0 Å². The molecule has 4 heteroatoms. The smallest absolute Gasteiger partial charge is 0.123 e. The number of nitrogens with one attached hydrogen (secondary N) is 1. The van der Waals surface area contributed by atoms with E-state index in [0.717, 1.165) is 35.7 Å². The summed E-state index contributed by atoms with van der Waals surface area (Å²) >= 11 is 0. The van der Waals surface area contributed by atoms with Gasteiger partial charge in [-0.15, -0.1) is 0 Å². The lowest BCUT2D eigenvalue weighted by Crippen LogP contribution is -2.25. The van der Waals surface area contributed by atoms with Gasteiger partial charge in [-0.05, 0) is 43.6 Å². The first-order chi connectivity index (χ1) is 8.62. The maximum absolute atomic E-state index is 5.59. The van der Waals surface area contributed by atoms with Gasteiger partial charge in [-0.3, -0.25) is 0 Å². The molecule has 0 aliphatic rings. The Labute approximate surface area is 109 Å². The van der Waals surface area contributed by atoms with Crippen LogP contribution >= 0.6 is 0 Å². The summed E-state index contributed by atoms with van der Waals surface area (Å²) in [6, 6.07) is 4.02. The first-order valence-electron chi connectivity index (χ1n) is 6.24. The fourth-order valence-corrected chi connectivity index (χ4v) is 1.79. The van der Waals surface area contributed by atoms with Crippen LogP contribution in [0.5, 0.6) is 11.5 Å². The van der Waals surface area contributed by atoms with Crippen LogP contribution in [0.4, 0.5) is 0 Å². The number of methoxy groups -OCH3 is 2. The second-order valence-corrected chi connectivity index (χ2v) is 4.61. The summed E-state index contributed by atoms with van der Waals surface area (Å²) in [5.74, 6) is 2.25. The third-order valence-corrected chi connectivity index (χ3v) is 3.01. The molecule has 1 rings (SSSR count). The molecule has 0 saturated carbocycles. The third-order valence-electron chi connectivity index (χ3n) is 3.01. The van der Waals surface area contributed by atoms with Crippen molar-refractivity contribution in [3.8, 4) is 11.5 Å². The highest BCUT2D eigenvalue weighted by atomic mass is 16.5. The van der Waals surface area contributed by atoms with Crippen LogP contribution in [-0.2, 0) is 6.54 Å². The highest BCUT2D eigenvalue weighted by Crippen LogP contribution is 2.28. The number of nitrogens with two attached hydrogens (primary N) is 1. The standard InChI is InChI=1S/C14H24N2O2/c1-10(7-15)8-16-9-12-6-13(17-3)11(2)5-14(12)18-4/h5-6,10,16H,7-9,15H2,1-4H3. The topological polar surface area (TPSA) is 56.5 Å². The summed E-state index contributed by atoms with van der Waals surface area (Å²) < 4.78 is 10.7. The molecule has 4 nitrogen and oxygen atoms in total. The average Bonchev–Trinajstić information content (AvgIpc) is 2.39. The van der Waals surface area contributed by atoms with Crippen molar-refractivity contribution in [2.45, 2.75) is 20.4 Å². The Morgan fingerprint density at radius 1 is 1.22 bits per heavy atom. The second-order valence-electron chi connectivity index (χ2n) is 4.61. The maximum Gasteiger partial charge on any atom is 0.123 e. The third kappa shape index (κ3) is 3.89. The van der Waals surface area contributed by atoms with Crippen molar-refractivity contribution in [1.29, 1.82) is 0 Å². The number of hydrogen-bond acceptors (Lipinski definition) is 4. The summed E-state index contributed by atoms with van der Waals surface area (Å²) in [6.07, 6.45) is 0. The van der Waals surface area contributed by atoms with Gasteiger partial charge in [-0.1, -0.05) is 6.92 Å². The van der Waals surface area contributed by atoms with Crippen molar-refractivity contribution in [3.05, 3.63) is 23.3 Å². The molecule has 0 fully saturated rings. The normalized spacial score (nSPS) is 12.3. The molecular formula is C14H24N2O2. The van der Waals surface area contributed by atoms with E-state index in [4.69, 9.17) is 15.2 Å². The molecule has 0 bridgehead atoms. The van der Waals surface area contributed by atoms with Crippen LogP contribution in [-0.4, -0.2) is 27.3 Å². The highest BCUT2D eigenvalue weighted by molar-refractivity contribution is 5.45. The van der Waals surface area contributed by atoms with Crippen molar-refractivity contribution in [1.82, 2.24) is 5.32 Å². The number of ether oxygens (including phenoxy) is 2. The molecule has 0 saturated heterocycles. The van der Waals surface area contributed by atoms with E-state index in [2.05, 4.69) is 12.2 Å². The fraction of sp³-hybridized carbons (Fsp3) is 0.571. The second kappa shape index (κ2) is 7.24. The fourth-order valence-electron chi connectivity index (χ4n) is 1.79. The van der Waals surface area contributed by atoms with Gasteiger partial charge in [0.05, 0.1) is 14.2 Å². The molecule has 1 aromatic carbocycles. The minimum Gasteiger partial charge on any atom is -0.496 e. The molecule has 0 amide bonds. The summed E-state index contributed by atoms with van der Waals surface area (Å²) in [5.41, 5.74) is 7.77. The molecule has 0 spiro atoms. The summed E-state index contributed by atoms with van der Waals surface area (Å²) in [5, 5.41) is 3.38. The van der Waals surface area contributed by atoms with Crippen molar-refractivity contribution in [2.24, 2.45) is 11.7 Å². The first kappa shape index (κ1) is 14.8. The SMILES string of the molecule is COc1cc(CNCC(C)CN)c(OC)cc1C. The predicted molar refractivity (Wildman–Crippen MR) is 74.2 cm³/mol. The number of rotatable bonds is 7. The van der Waals surface area contributed by atoms with E-state index in [1.807, 2.05) is 19.1 Å². The Morgan fingerprint density at radius 3 is 2.44 bits per heavy atom. The molecule has 0 aliphatic heterocycles. The van der Waals surface area contributed by atoms with Gasteiger partial charge >= 0.3 is 0 Å². The van der Waals surface area contributed by atoms with Crippen LogP contribution in [0.2, 0.25) is 0 Å². The lowest BCUT2D eigenvalue weighted by atomic mass is 10.1. The van der Waals surface area contributed by atoms with Gasteiger partial charge in [0.1, 0.15) is 11.5 Å². The molecule has 102 valence electrons. The Balaban J connectivity index is 2.74. The van der Waals surface area contributed by atoms with Crippen LogP contribution < -0.4 is 20.5 Å². The van der Waals surface area contributed by atoms with Gasteiger partial charge in [0, 0.05) is 12.1 Å². The Kier molecular flexibility index (Phi) is 5.95. The van der Waals surface area contributed by atoms with Gasteiger partial charge < -0.3 is 20.5 Å². The maximum atomic E-state index is 5.59. The van der Waals surface area contributed by atoms with Gasteiger partial charge in [-0.2, -0.15) is 0 Å². The molecule has 18 heavy (non-hydrogen) atoms. The van der Waals surface area contributed by atoms with E-state index in [-0.39, 0.29) is 0 Å². The van der Waals surface area contributed by atoms with E-state index in [0.29, 0.717) is 12.5 Å². The summed E-state index contributed by atoms with van der Waals surface area (Å²) in [7, 11) is 3.37. The minimum atomic E-state index is 0.475. The van der Waals surface area contributed by atoms with Crippen molar-refractivity contribution in [2.75, 3.05) is 27.3 Å². The van der Waals surface area contributed by atoms with Gasteiger partial charge in [0.25, 0.3) is 0 Å². The molecule has 0 aromatic heterocycles. The molecule has 3 N–H and O–H groups in total. The summed E-state index contributed by atoms with van der Waals surface area (Å²) in [4.78, 5) is 0. The van der Waals surface area contributed by atoms with Crippen LogP contribution in [0.25, 0.3) is 0 Å². The molecule has 1 unspecified atom stereocenters. The minimum absolute atomic E-state index is 0.475. The molecule has 0 aliphatic carbocycles. The van der Waals surface area contributed by atoms with E-state index in [1.54, 1.807) is 14.2 Å². The number of benzene rings is 1. The molecular weight excluding hydrogens is 228 g/mol. The number of aryl methyl sites for hydroxylation is 1. The van der Waals surface area contributed by atoms with Crippen molar-refractivity contribution < 1.29 is 9.47 Å². The van der Waals surface area contributed by atoms with Gasteiger partial charge in [0.2, 0.25) is 0 Å². The zero-order chi connectivity index (χ0) is 13.5. The van der Waals surface area contributed by atoms with E-state index in [1.165, 1.54) is 0 Å². The van der Waals surface area contributed by atoms with E-state index in [9.17, 15) is 0 Å². The quantitative estimate of drug-likeness (QED) is 0.775. The zero-order valence-corrected chi connectivity index (χ0v) is 11.7. The highest BCUT2D eigenvalue weighted by Gasteiger charge is 2.08. The zero-order valence-electron chi connectivity index (χ0n) is 11.7. The van der Waals surface area contributed by atoms with Gasteiger partial charge in [0.15, 0.2) is 0 Å². The largest absolute Gasteiger partial charge is 0.496 e. The molecule has 0 heterocycles. The van der Waals surface area contributed by atoms with Crippen LogP contribution in [0.1, 0.15) is 18.1 Å². The molecule has 1 atom stereocenters. The van der Waals surface area contributed by atoms with Crippen molar-refractivity contribution in [3.63, 3.8) is 0 Å². The van der Waals surface area contributed by atoms with Crippen LogP contribution in [0, 0.1) is 12.8 Å². The summed E-state index contributed by atoms with van der Waals surface area (Å²) in [6.45, 7) is 6.48. The first-order valence-corrected chi connectivity index (χ1v) is 6.24. The average molecular weight is 252 g/mol. The Bertz CT molecular complexity index is 380. The monoisotopic (exact) mass is 252 g/mol. The molecule has 1 aromatic rings. The van der Waals surface area contributed by atoms with Gasteiger partial charge in [-0.25, -0.2) is 0 Å². The Hall–Kier alpha value is -1.26. The molecule has 0 radical (unpaired) electrons. The predicted octanol–water partition coefficient (Wildman–Crippen LogP) is 1.70. The lowest BCUT2D eigenvalue weighted by Gasteiger charge is -2.15. The lowest BCUT2D eigenvalue weighted by molar-refractivity contribution is 0.393. The van der Waals surface area contributed by atoms with E-state index < -0.39 is 0 Å².